The Bertz CT molecular complexity index is 899. The van der Waals surface area contributed by atoms with Gasteiger partial charge in [-0.05, 0) is 56.1 Å². The summed E-state index contributed by atoms with van der Waals surface area (Å²) < 4.78 is 10.4. The number of benzene rings is 2. The van der Waals surface area contributed by atoms with E-state index in [1.54, 1.807) is 26.3 Å². The molecule has 8 heteroatoms. The zero-order valence-electron chi connectivity index (χ0n) is 19.7. The van der Waals surface area contributed by atoms with Crippen molar-refractivity contribution in [2.45, 2.75) is 25.3 Å². The first kappa shape index (κ1) is 26.9. The molecule has 0 amide bonds. The standard InChI is InChI=1S/C25H34N4O3.HI/c1-26-25(27-15-14-19-10-12-20(13-11-19)24(30)32-3)28-18-22(29-16-6-7-17-29)21-8-4-5-9-23(21)31-2;/h4-5,8-13,22H,6-7,14-18H2,1-3H3,(H2,26,27,28);1H. The van der Waals surface area contributed by atoms with Crippen LogP contribution in [0.1, 0.15) is 40.4 Å². The summed E-state index contributed by atoms with van der Waals surface area (Å²) in [5.41, 5.74) is 2.90. The van der Waals surface area contributed by atoms with Crippen LogP contribution in [0.4, 0.5) is 0 Å². The van der Waals surface area contributed by atoms with Crippen LogP contribution in [0.15, 0.2) is 53.5 Å². The third-order valence-electron chi connectivity index (χ3n) is 5.85. The van der Waals surface area contributed by atoms with Gasteiger partial charge >= 0.3 is 5.97 Å². The minimum absolute atomic E-state index is 0. The van der Waals surface area contributed by atoms with Crippen LogP contribution in [-0.2, 0) is 11.2 Å². The zero-order valence-corrected chi connectivity index (χ0v) is 22.0. The summed E-state index contributed by atoms with van der Waals surface area (Å²) in [5, 5.41) is 6.88. The van der Waals surface area contributed by atoms with E-state index in [0.29, 0.717) is 5.56 Å². The number of esters is 1. The number of hydrogen-bond acceptors (Lipinski definition) is 5. The molecule has 1 saturated heterocycles. The van der Waals surface area contributed by atoms with Crippen molar-refractivity contribution < 1.29 is 14.3 Å². The van der Waals surface area contributed by atoms with Crippen molar-refractivity contribution in [2.75, 3.05) is 47.4 Å². The molecule has 0 bridgehead atoms. The van der Waals surface area contributed by atoms with Crippen molar-refractivity contribution in [3.8, 4) is 5.75 Å². The molecular formula is C25H35IN4O3. The first-order valence-electron chi connectivity index (χ1n) is 11.1. The Morgan fingerprint density at radius 1 is 1.06 bits per heavy atom. The number of aliphatic imine (C=N–C) groups is 1. The first-order valence-corrected chi connectivity index (χ1v) is 11.1. The highest BCUT2D eigenvalue weighted by Crippen LogP contribution is 2.31. The summed E-state index contributed by atoms with van der Waals surface area (Å²) in [4.78, 5) is 18.5. The maximum atomic E-state index is 11.6. The highest BCUT2D eigenvalue weighted by atomic mass is 127. The van der Waals surface area contributed by atoms with E-state index in [2.05, 4.69) is 32.7 Å². The van der Waals surface area contributed by atoms with Gasteiger partial charge in [0.1, 0.15) is 5.75 Å². The van der Waals surface area contributed by atoms with E-state index >= 15 is 0 Å². The van der Waals surface area contributed by atoms with Crippen LogP contribution in [0.5, 0.6) is 5.75 Å². The average molecular weight is 566 g/mol. The van der Waals surface area contributed by atoms with E-state index in [1.807, 2.05) is 24.3 Å². The fraction of sp³-hybridized carbons (Fsp3) is 0.440. The second-order valence-corrected chi connectivity index (χ2v) is 7.82. The Morgan fingerprint density at radius 2 is 1.76 bits per heavy atom. The Balaban J connectivity index is 0.00000385. The van der Waals surface area contributed by atoms with Gasteiger partial charge in [-0.2, -0.15) is 0 Å². The molecule has 0 spiro atoms. The number of nitrogens with zero attached hydrogens (tertiary/aromatic N) is 2. The molecule has 0 aliphatic carbocycles. The number of carbonyl (C=O) groups is 1. The van der Waals surface area contributed by atoms with Crippen molar-refractivity contribution in [2.24, 2.45) is 4.99 Å². The number of rotatable bonds is 9. The molecule has 1 atom stereocenters. The molecule has 2 aromatic carbocycles. The molecule has 2 aromatic rings. The zero-order chi connectivity index (χ0) is 22.8. The molecular weight excluding hydrogens is 531 g/mol. The highest BCUT2D eigenvalue weighted by Gasteiger charge is 2.26. The predicted molar refractivity (Wildman–Crippen MR) is 143 cm³/mol. The van der Waals surface area contributed by atoms with Crippen molar-refractivity contribution in [3.63, 3.8) is 0 Å². The monoisotopic (exact) mass is 566 g/mol. The van der Waals surface area contributed by atoms with Crippen LogP contribution in [0.3, 0.4) is 0 Å². The molecule has 3 rings (SSSR count). The molecule has 0 saturated carbocycles. The fourth-order valence-corrected chi connectivity index (χ4v) is 4.10. The van der Waals surface area contributed by atoms with Gasteiger partial charge < -0.3 is 20.1 Å². The van der Waals surface area contributed by atoms with E-state index in [1.165, 1.54) is 25.5 Å². The SMILES string of the molecule is CN=C(NCCc1ccc(C(=O)OC)cc1)NCC(c1ccccc1OC)N1CCCC1.I. The number of guanidine groups is 1. The molecule has 2 N–H and O–H groups in total. The lowest BCUT2D eigenvalue weighted by atomic mass is 10.0. The predicted octanol–water partition coefficient (Wildman–Crippen LogP) is 3.64. The summed E-state index contributed by atoms with van der Waals surface area (Å²) in [6.07, 6.45) is 3.28. The van der Waals surface area contributed by atoms with Gasteiger partial charge in [-0.15, -0.1) is 24.0 Å². The van der Waals surface area contributed by atoms with Gasteiger partial charge in [0.15, 0.2) is 5.96 Å². The topological polar surface area (TPSA) is 75.2 Å². The van der Waals surface area contributed by atoms with Gasteiger partial charge in [-0.3, -0.25) is 9.89 Å². The number of ether oxygens (including phenoxy) is 2. The van der Waals surface area contributed by atoms with E-state index in [-0.39, 0.29) is 36.0 Å². The molecule has 0 aromatic heterocycles. The number of para-hydroxylation sites is 1. The van der Waals surface area contributed by atoms with Gasteiger partial charge in [0.2, 0.25) is 0 Å². The minimum atomic E-state index is -0.318. The number of likely N-dealkylation sites (tertiary alicyclic amines) is 1. The lowest BCUT2D eigenvalue weighted by molar-refractivity contribution is 0.0600. The average Bonchev–Trinajstić information content (AvgIpc) is 3.38. The Morgan fingerprint density at radius 3 is 2.39 bits per heavy atom. The summed E-state index contributed by atoms with van der Waals surface area (Å²) in [6.45, 7) is 3.67. The molecule has 1 aliphatic heterocycles. The molecule has 33 heavy (non-hydrogen) atoms. The Hall–Kier alpha value is -2.33. The van der Waals surface area contributed by atoms with E-state index < -0.39 is 0 Å². The van der Waals surface area contributed by atoms with Crippen LogP contribution in [0.2, 0.25) is 0 Å². The molecule has 1 fully saturated rings. The molecule has 1 heterocycles. The second kappa shape index (κ2) is 14.0. The normalized spacial score (nSPS) is 14.8. The number of hydrogen-bond donors (Lipinski definition) is 2. The van der Waals surface area contributed by atoms with Gasteiger partial charge in [0.05, 0.1) is 25.8 Å². The van der Waals surface area contributed by atoms with Crippen molar-refractivity contribution in [3.05, 3.63) is 65.2 Å². The summed E-state index contributed by atoms with van der Waals surface area (Å²) in [6, 6.07) is 16.0. The maximum Gasteiger partial charge on any atom is 0.337 e. The summed E-state index contributed by atoms with van der Waals surface area (Å²) in [7, 11) is 4.90. The highest BCUT2D eigenvalue weighted by molar-refractivity contribution is 14.0. The van der Waals surface area contributed by atoms with Crippen molar-refractivity contribution >= 4 is 35.9 Å². The minimum Gasteiger partial charge on any atom is -0.496 e. The van der Waals surface area contributed by atoms with Crippen LogP contribution in [0, 0.1) is 0 Å². The molecule has 180 valence electrons. The quantitative estimate of drug-likeness (QED) is 0.209. The number of halogens is 1. The third-order valence-corrected chi connectivity index (χ3v) is 5.85. The van der Waals surface area contributed by atoms with Crippen molar-refractivity contribution in [1.29, 1.82) is 0 Å². The number of nitrogens with one attached hydrogen (secondary N) is 2. The number of methoxy groups -OCH3 is 2. The van der Waals surface area contributed by atoms with E-state index in [9.17, 15) is 4.79 Å². The van der Waals surface area contributed by atoms with Gasteiger partial charge in [-0.25, -0.2) is 4.79 Å². The summed E-state index contributed by atoms with van der Waals surface area (Å²) >= 11 is 0. The summed E-state index contributed by atoms with van der Waals surface area (Å²) in [5.74, 6) is 1.38. The molecule has 1 unspecified atom stereocenters. The molecule has 7 nitrogen and oxygen atoms in total. The third kappa shape index (κ3) is 7.60. The maximum absolute atomic E-state index is 11.6. The van der Waals surface area contributed by atoms with Crippen LogP contribution in [0.25, 0.3) is 0 Å². The van der Waals surface area contributed by atoms with Gasteiger partial charge in [-0.1, -0.05) is 30.3 Å². The van der Waals surface area contributed by atoms with E-state index in [0.717, 1.165) is 49.9 Å². The van der Waals surface area contributed by atoms with Crippen molar-refractivity contribution in [1.82, 2.24) is 15.5 Å². The lowest BCUT2D eigenvalue weighted by Gasteiger charge is -2.30. The smallest absolute Gasteiger partial charge is 0.337 e. The van der Waals surface area contributed by atoms with Crippen LogP contribution < -0.4 is 15.4 Å². The second-order valence-electron chi connectivity index (χ2n) is 7.82. The van der Waals surface area contributed by atoms with Crippen LogP contribution >= 0.6 is 24.0 Å². The first-order chi connectivity index (χ1) is 15.7. The van der Waals surface area contributed by atoms with Gasteiger partial charge in [0, 0.05) is 25.7 Å². The molecule has 1 aliphatic rings. The van der Waals surface area contributed by atoms with Gasteiger partial charge in [0.25, 0.3) is 0 Å². The molecule has 0 radical (unpaired) electrons. The number of carbonyl (C=O) groups excluding carboxylic acids is 1. The lowest BCUT2D eigenvalue weighted by Crippen LogP contribution is -2.43. The largest absolute Gasteiger partial charge is 0.496 e. The fourth-order valence-electron chi connectivity index (χ4n) is 4.10. The van der Waals surface area contributed by atoms with E-state index in [4.69, 9.17) is 9.47 Å². The van der Waals surface area contributed by atoms with Crippen LogP contribution in [-0.4, -0.2) is 64.3 Å². The Kier molecular flexibility index (Phi) is 11.5. The Labute approximate surface area is 214 Å².